The van der Waals surface area contributed by atoms with Crippen molar-refractivity contribution in [1.82, 2.24) is 9.88 Å². The second kappa shape index (κ2) is 7.68. The summed E-state index contributed by atoms with van der Waals surface area (Å²) in [6.45, 7) is 1.15. The maximum atomic E-state index is 12.8. The Hall–Kier alpha value is -3.05. The molecular weight excluding hydrogens is 356 g/mol. The van der Waals surface area contributed by atoms with Crippen molar-refractivity contribution in [3.63, 3.8) is 0 Å². The molecule has 2 heterocycles. The van der Waals surface area contributed by atoms with Crippen molar-refractivity contribution in [2.75, 3.05) is 7.11 Å². The van der Waals surface area contributed by atoms with Gasteiger partial charge in [0.15, 0.2) is 0 Å². The van der Waals surface area contributed by atoms with Crippen LogP contribution >= 0.6 is 11.3 Å². The summed E-state index contributed by atoms with van der Waals surface area (Å²) in [6.07, 6.45) is 0. The highest BCUT2D eigenvalue weighted by atomic mass is 32.1. The summed E-state index contributed by atoms with van der Waals surface area (Å²) in [4.78, 5) is 12.8. The van der Waals surface area contributed by atoms with Gasteiger partial charge in [0, 0.05) is 13.1 Å². The first kappa shape index (κ1) is 17.4. The highest BCUT2D eigenvalue weighted by Crippen LogP contribution is 2.26. The molecule has 27 heavy (non-hydrogen) atoms. The van der Waals surface area contributed by atoms with Crippen molar-refractivity contribution >= 4 is 27.5 Å². The van der Waals surface area contributed by atoms with E-state index in [1.165, 1.54) is 0 Å². The smallest absolute Gasteiger partial charge is 0.268 e. The fourth-order valence-electron chi connectivity index (χ4n) is 3.12. The molecule has 0 atom stereocenters. The molecule has 0 fully saturated rings. The fourth-order valence-corrected chi connectivity index (χ4v) is 3.94. The molecule has 1 N–H and O–H groups in total. The molecule has 0 aliphatic rings. The molecule has 1 amide bonds. The van der Waals surface area contributed by atoms with Gasteiger partial charge in [-0.15, -0.1) is 11.3 Å². The predicted octanol–water partition coefficient (Wildman–Crippen LogP) is 4.69. The van der Waals surface area contributed by atoms with E-state index in [9.17, 15) is 4.79 Å². The molecule has 2 aromatic carbocycles. The van der Waals surface area contributed by atoms with Gasteiger partial charge in [0.05, 0.1) is 17.3 Å². The first-order valence-electron chi connectivity index (χ1n) is 8.76. The van der Waals surface area contributed by atoms with Crippen LogP contribution in [0.25, 0.3) is 10.2 Å². The van der Waals surface area contributed by atoms with E-state index in [-0.39, 0.29) is 5.91 Å². The number of ether oxygens (including phenoxy) is 1. The summed E-state index contributed by atoms with van der Waals surface area (Å²) in [7, 11) is 1.66. The highest BCUT2D eigenvalue weighted by Gasteiger charge is 2.16. The minimum absolute atomic E-state index is 0.0595. The number of benzene rings is 2. The molecule has 4 aromatic rings. The van der Waals surface area contributed by atoms with Gasteiger partial charge < -0.3 is 14.6 Å². The van der Waals surface area contributed by atoms with E-state index in [1.54, 1.807) is 18.4 Å². The van der Waals surface area contributed by atoms with Crippen LogP contribution in [0.5, 0.6) is 5.75 Å². The van der Waals surface area contributed by atoms with Crippen LogP contribution in [0.15, 0.2) is 72.1 Å². The van der Waals surface area contributed by atoms with Crippen LogP contribution in [0.4, 0.5) is 0 Å². The number of methoxy groups -OCH3 is 1. The number of rotatable bonds is 6. The van der Waals surface area contributed by atoms with E-state index in [2.05, 4.69) is 21.3 Å². The Kier molecular flexibility index (Phi) is 4.94. The molecule has 0 radical (unpaired) electrons. The second-order valence-electron chi connectivity index (χ2n) is 6.30. The van der Waals surface area contributed by atoms with Gasteiger partial charge in [0.1, 0.15) is 11.4 Å². The Bertz CT molecular complexity index is 1050. The average Bonchev–Trinajstić information content (AvgIpc) is 3.30. The maximum absolute atomic E-state index is 12.8. The van der Waals surface area contributed by atoms with Gasteiger partial charge >= 0.3 is 0 Å². The SMILES string of the molecule is COc1ccc(Cn2c(C(=O)NCc3ccccc3)cc3sccc32)cc1. The standard InChI is InChI=1S/C22H20N2O2S/c1-26-18-9-7-17(8-10-18)15-24-19-11-12-27-21(19)13-20(24)22(25)23-14-16-5-3-2-4-6-16/h2-13H,14-15H2,1H3,(H,23,25). The number of hydrogen-bond acceptors (Lipinski definition) is 3. The third-order valence-electron chi connectivity index (χ3n) is 4.55. The summed E-state index contributed by atoms with van der Waals surface area (Å²) in [6, 6.07) is 21.9. The number of fused-ring (bicyclic) bond motifs is 1. The van der Waals surface area contributed by atoms with Gasteiger partial charge in [0.25, 0.3) is 5.91 Å². The number of hydrogen-bond donors (Lipinski definition) is 1. The lowest BCUT2D eigenvalue weighted by atomic mass is 10.2. The summed E-state index contributed by atoms with van der Waals surface area (Å²) in [5.41, 5.74) is 3.97. The van der Waals surface area contributed by atoms with E-state index >= 15 is 0 Å². The molecule has 2 aromatic heterocycles. The van der Waals surface area contributed by atoms with Gasteiger partial charge in [-0.3, -0.25) is 4.79 Å². The first-order valence-corrected chi connectivity index (χ1v) is 9.64. The number of nitrogens with zero attached hydrogens (tertiary/aromatic N) is 1. The second-order valence-corrected chi connectivity index (χ2v) is 7.25. The van der Waals surface area contributed by atoms with Crippen LogP contribution in [0.3, 0.4) is 0 Å². The van der Waals surface area contributed by atoms with Crippen molar-refractivity contribution < 1.29 is 9.53 Å². The Balaban J connectivity index is 1.59. The first-order chi connectivity index (χ1) is 13.2. The van der Waals surface area contributed by atoms with Crippen LogP contribution in [0.1, 0.15) is 21.6 Å². The van der Waals surface area contributed by atoms with E-state index in [4.69, 9.17) is 4.74 Å². The molecule has 0 unspecified atom stereocenters. The van der Waals surface area contributed by atoms with Crippen LogP contribution in [0.2, 0.25) is 0 Å². The summed E-state index contributed by atoms with van der Waals surface area (Å²) in [5.74, 6) is 0.767. The number of aromatic nitrogens is 1. The van der Waals surface area contributed by atoms with Gasteiger partial charge in [0.2, 0.25) is 0 Å². The van der Waals surface area contributed by atoms with Gasteiger partial charge in [-0.2, -0.15) is 0 Å². The third-order valence-corrected chi connectivity index (χ3v) is 5.40. The van der Waals surface area contributed by atoms with Crippen molar-refractivity contribution in [3.05, 3.63) is 88.9 Å². The molecule has 0 aliphatic carbocycles. The molecule has 5 heteroatoms. The third kappa shape index (κ3) is 3.73. The zero-order valence-electron chi connectivity index (χ0n) is 15.0. The number of carbonyl (C=O) groups is 1. The van der Waals surface area contributed by atoms with Crippen LogP contribution in [-0.4, -0.2) is 17.6 Å². The lowest BCUT2D eigenvalue weighted by Crippen LogP contribution is -2.25. The van der Waals surface area contributed by atoms with E-state index < -0.39 is 0 Å². The lowest BCUT2D eigenvalue weighted by Gasteiger charge is -2.11. The van der Waals surface area contributed by atoms with Crippen molar-refractivity contribution in [2.45, 2.75) is 13.1 Å². The highest BCUT2D eigenvalue weighted by molar-refractivity contribution is 7.17. The van der Waals surface area contributed by atoms with Crippen molar-refractivity contribution in [2.24, 2.45) is 0 Å². The van der Waals surface area contributed by atoms with Crippen LogP contribution < -0.4 is 10.1 Å². The topological polar surface area (TPSA) is 43.3 Å². The maximum Gasteiger partial charge on any atom is 0.268 e. The van der Waals surface area contributed by atoms with Gasteiger partial charge in [-0.25, -0.2) is 0 Å². The molecule has 0 saturated carbocycles. The monoisotopic (exact) mass is 376 g/mol. The van der Waals surface area contributed by atoms with Crippen LogP contribution in [-0.2, 0) is 13.1 Å². The van der Waals surface area contributed by atoms with Crippen molar-refractivity contribution in [1.29, 1.82) is 0 Å². The number of carbonyl (C=O) groups excluding carboxylic acids is 1. The summed E-state index contributed by atoms with van der Waals surface area (Å²) < 4.78 is 8.43. The molecule has 0 spiro atoms. The predicted molar refractivity (Wildman–Crippen MR) is 110 cm³/mol. The fraction of sp³-hybridized carbons (Fsp3) is 0.136. The zero-order chi connectivity index (χ0) is 18.6. The molecular formula is C22H20N2O2S. The zero-order valence-corrected chi connectivity index (χ0v) is 15.8. The normalized spacial score (nSPS) is 10.9. The Morgan fingerprint density at radius 1 is 1.04 bits per heavy atom. The number of amides is 1. The van der Waals surface area contributed by atoms with E-state index in [0.29, 0.717) is 18.8 Å². The Morgan fingerprint density at radius 3 is 2.56 bits per heavy atom. The van der Waals surface area contributed by atoms with E-state index in [0.717, 1.165) is 27.1 Å². The van der Waals surface area contributed by atoms with Crippen molar-refractivity contribution in [3.8, 4) is 5.75 Å². The van der Waals surface area contributed by atoms with Gasteiger partial charge in [-0.05, 0) is 40.8 Å². The molecule has 0 aliphatic heterocycles. The number of thiophene rings is 1. The minimum Gasteiger partial charge on any atom is -0.497 e. The molecule has 136 valence electrons. The number of nitrogens with one attached hydrogen (secondary N) is 1. The van der Waals surface area contributed by atoms with E-state index in [1.807, 2.05) is 60.7 Å². The lowest BCUT2D eigenvalue weighted by molar-refractivity contribution is 0.0942. The molecule has 0 bridgehead atoms. The minimum atomic E-state index is -0.0595. The molecule has 4 nitrogen and oxygen atoms in total. The largest absolute Gasteiger partial charge is 0.497 e. The Labute approximate surface area is 162 Å². The van der Waals surface area contributed by atoms with Gasteiger partial charge in [-0.1, -0.05) is 42.5 Å². The molecule has 4 rings (SSSR count). The summed E-state index contributed by atoms with van der Waals surface area (Å²) in [5, 5.41) is 5.09. The Morgan fingerprint density at radius 2 is 1.81 bits per heavy atom. The average molecular weight is 376 g/mol. The van der Waals surface area contributed by atoms with Crippen LogP contribution in [0, 0.1) is 0 Å². The summed E-state index contributed by atoms with van der Waals surface area (Å²) >= 11 is 1.65. The molecule has 0 saturated heterocycles. The quantitative estimate of drug-likeness (QED) is 0.530.